The average Bonchev–Trinajstić information content (AvgIpc) is 2.37. The molecule has 6 heteroatoms. The van der Waals surface area contributed by atoms with E-state index in [4.69, 9.17) is 11.6 Å². The second-order valence-electron chi connectivity index (χ2n) is 4.35. The van der Waals surface area contributed by atoms with Gasteiger partial charge < -0.3 is 0 Å². The highest BCUT2D eigenvalue weighted by atomic mass is 35.5. The molecular formula is C12H19ClN2O2S. The number of halogens is 1. The lowest BCUT2D eigenvalue weighted by atomic mass is 10.0. The van der Waals surface area contributed by atoms with E-state index in [0.717, 1.165) is 12.8 Å². The molecule has 0 fully saturated rings. The molecule has 0 aliphatic heterocycles. The Morgan fingerprint density at radius 1 is 1.33 bits per heavy atom. The van der Waals surface area contributed by atoms with Crippen molar-refractivity contribution < 1.29 is 0 Å². The fraction of sp³-hybridized carbons (Fsp3) is 0.667. The average molecular weight is 291 g/mol. The van der Waals surface area contributed by atoms with Gasteiger partial charge in [0, 0.05) is 16.9 Å². The second kappa shape index (κ2) is 5.97. The van der Waals surface area contributed by atoms with Crippen molar-refractivity contribution in [3.63, 3.8) is 0 Å². The summed E-state index contributed by atoms with van der Waals surface area (Å²) in [6.07, 6.45) is 3.81. The fourth-order valence-corrected chi connectivity index (χ4v) is 2.90. The van der Waals surface area contributed by atoms with Crippen molar-refractivity contribution in [2.45, 2.75) is 44.9 Å². The summed E-state index contributed by atoms with van der Waals surface area (Å²) >= 11 is 7.48. The Balaban J connectivity index is 3.32. The smallest absolute Gasteiger partial charge is 0.297 e. The number of rotatable bonds is 5. The number of hydrogen-bond donors (Lipinski definition) is 1. The number of aromatic nitrogens is 2. The first-order chi connectivity index (χ1) is 8.40. The van der Waals surface area contributed by atoms with Crippen LogP contribution in [-0.2, 0) is 6.54 Å². The minimum absolute atomic E-state index is 0.0862. The van der Waals surface area contributed by atoms with Crippen molar-refractivity contribution in [3.8, 4) is 0 Å². The van der Waals surface area contributed by atoms with Crippen molar-refractivity contribution in [1.29, 1.82) is 0 Å². The molecule has 0 saturated carbocycles. The topological polar surface area (TPSA) is 54.9 Å². The molecule has 0 atom stereocenters. The van der Waals surface area contributed by atoms with Crippen molar-refractivity contribution >= 4 is 23.4 Å². The van der Waals surface area contributed by atoms with E-state index in [1.165, 1.54) is 4.57 Å². The monoisotopic (exact) mass is 290 g/mol. The van der Waals surface area contributed by atoms with Crippen LogP contribution in [0.2, 0.25) is 5.15 Å². The zero-order chi connectivity index (χ0) is 13.9. The van der Waals surface area contributed by atoms with Crippen LogP contribution in [0.3, 0.4) is 0 Å². The summed E-state index contributed by atoms with van der Waals surface area (Å²) in [7, 11) is 0. The van der Waals surface area contributed by atoms with Gasteiger partial charge in [0.25, 0.3) is 5.56 Å². The molecule has 1 aromatic heterocycles. The Hall–Kier alpha value is -0.680. The summed E-state index contributed by atoms with van der Waals surface area (Å²) in [6.45, 7) is 6.17. The maximum absolute atomic E-state index is 12.1. The Labute approximate surface area is 116 Å². The zero-order valence-electron chi connectivity index (χ0n) is 11.2. The Morgan fingerprint density at radius 3 is 2.33 bits per heavy atom. The Bertz CT molecular complexity index is 524. The molecule has 18 heavy (non-hydrogen) atoms. The van der Waals surface area contributed by atoms with Gasteiger partial charge >= 0.3 is 5.69 Å². The highest BCUT2D eigenvalue weighted by molar-refractivity contribution is 8.00. The molecule has 1 rings (SSSR count). The molecule has 0 radical (unpaired) electrons. The highest BCUT2D eigenvalue weighted by Crippen LogP contribution is 2.31. The summed E-state index contributed by atoms with van der Waals surface area (Å²) in [5.41, 5.74) is -0.349. The zero-order valence-corrected chi connectivity index (χ0v) is 12.7. The van der Waals surface area contributed by atoms with Gasteiger partial charge in [0.1, 0.15) is 5.15 Å². The number of nitrogens with zero attached hydrogens (tertiary/aromatic N) is 1. The summed E-state index contributed by atoms with van der Waals surface area (Å²) in [5.74, 6) is 0. The van der Waals surface area contributed by atoms with Crippen molar-refractivity contribution in [1.82, 2.24) is 9.55 Å². The predicted octanol–water partition coefficient (Wildman–Crippen LogP) is 2.42. The van der Waals surface area contributed by atoms with E-state index in [-0.39, 0.29) is 15.5 Å². The van der Waals surface area contributed by atoms with E-state index in [9.17, 15) is 9.59 Å². The Kier molecular flexibility index (Phi) is 5.10. The van der Waals surface area contributed by atoms with Crippen LogP contribution in [0.15, 0.2) is 9.59 Å². The van der Waals surface area contributed by atoms with Crippen molar-refractivity contribution in [2.75, 3.05) is 6.26 Å². The molecule has 0 bridgehead atoms. The summed E-state index contributed by atoms with van der Waals surface area (Å²) in [4.78, 5) is 26.4. The molecule has 0 spiro atoms. The predicted molar refractivity (Wildman–Crippen MR) is 77.9 cm³/mol. The largest absolute Gasteiger partial charge is 0.329 e. The van der Waals surface area contributed by atoms with Crippen LogP contribution in [0.5, 0.6) is 0 Å². The third-order valence-electron chi connectivity index (χ3n) is 3.52. The van der Waals surface area contributed by atoms with E-state index in [2.05, 4.69) is 18.8 Å². The standard InChI is InChI=1S/C12H19ClN2O2S/c1-5-12(6-2,18-4)7-15-10(16)8(3)9(13)14-11(15)17/h5-7H2,1-4H3,(H,14,17). The first-order valence-corrected chi connectivity index (χ1v) is 7.55. The summed E-state index contributed by atoms with van der Waals surface area (Å²) in [6, 6.07) is 0. The molecule has 4 nitrogen and oxygen atoms in total. The highest BCUT2D eigenvalue weighted by Gasteiger charge is 2.27. The number of thioether (sulfide) groups is 1. The number of hydrogen-bond acceptors (Lipinski definition) is 3. The van der Waals surface area contributed by atoms with Gasteiger partial charge in [-0.15, -0.1) is 0 Å². The number of H-pyrrole nitrogens is 1. The van der Waals surface area contributed by atoms with Gasteiger partial charge in [-0.25, -0.2) is 4.79 Å². The van der Waals surface area contributed by atoms with Crippen LogP contribution in [0.1, 0.15) is 32.3 Å². The van der Waals surface area contributed by atoms with Gasteiger partial charge in [-0.05, 0) is 26.0 Å². The van der Waals surface area contributed by atoms with Gasteiger partial charge in [-0.2, -0.15) is 11.8 Å². The molecule has 0 amide bonds. The van der Waals surface area contributed by atoms with E-state index in [1.54, 1.807) is 18.7 Å². The lowest BCUT2D eigenvalue weighted by molar-refractivity contribution is 0.445. The third kappa shape index (κ3) is 2.83. The normalized spacial score (nSPS) is 11.8. The van der Waals surface area contributed by atoms with Crippen LogP contribution in [0, 0.1) is 6.92 Å². The van der Waals surface area contributed by atoms with Gasteiger partial charge in [0.2, 0.25) is 0 Å². The summed E-state index contributed by atoms with van der Waals surface area (Å²) < 4.78 is 1.17. The molecule has 0 aliphatic carbocycles. The molecule has 102 valence electrons. The minimum Gasteiger partial charge on any atom is -0.297 e. The van der Waals surface area contributed by atoms with Crippen LogP contribution >= 0.6 is 23.4 Å². The van der Waals surface area contributed by atoms with Crippen LogP contribution < -0.4 is 11.2 Å². The van der Waals surface area contributed by atoms with Gasteiger partial charge in [0.15, 0.2) is 0 Å². The second-order valence-corrected chi connectivity index (χ2v) is 6.01. The fourth-order valence-electron chi connectivity index (χ4n) is 1.90. The molecule has 0 saturated heterocycles. The molecule has 0 aromatic carbocycles. The summed E-state index contributed by atoms with van der Waals surface area (Å²) in [5, 5.41) is 0.129. The molecule has 1 N–H and O–H groups in total. The van der Waals surface area contributed by atoms with Crippen LogP contribution in [0.4, 0.5) is 0 Å². The van der Waals surface area contributed by atoms with Crippen LogP contribution in [-0.4, -0.2) is 20.6 Å². The van der Waals surface area contributed by atoms with Crippen molar-refractivity contribution in [3.05, 3.63) is 31.6 Å². The quantitative estimate of drug-likeness (QED) is 0.847. The molecule has 0 aliphatic rings. The van der Waals surface area contributed by atoms with Crippen LogP contribution in [0.25, 0.3) is 0 Å². The molecular weight excluding hydrogens is 272 g/mol. The third-order valence-corrected chi connectivity index (χ3v) is 5.48. The first kappa shape index (κ1) is 15.4. The van der Waals surface area contributed by atoms with Crippen molar-refractivity contribution in [2.24, 2.45) is 0 Å². The molecule has 1 aromatic rings. The maximum Gasteiger partial charge on any atom is 0.329 e. The van der Waals surface area contributed by atoms with Gasteiger partial charge in [0.05, 0.1) is 0 Å². The minimum atomic E-state index is -0.434. The lowest BCUT2D eigenvalue weighted by Gasteiger charge is -2.29. The van der Waals surface area contributed by atoms with Gasteiger partial charge in [-0.1, -0.05) is 25.4 Å². The Morgan fingerprint density at radius 2 is 1.89 bits per heavy atom. The SMILES string of the molecule is CCC(CC)(Cn1c(=O)[nH]c(Cl)c(C)c1=O)SC. The maximum atomic E-state index is 12.1. The van der Waals surface area contributed by atoms with E-state index < -0.39 is 5.69 Å². The number of nitrogens with one attached hydrogen (secondary N) is 1. The lowest BCUT2D eigenvalue weighted by Crippen LogP contribution is -2.43. The van der Waals surface area contributed by atoms with Gasteiger partial charge in [-0.3, -0.25) is 14.3 Å². The van der Waals surface area contributed by atoms with E-state index in [0.29, 0.717) is 12.1 Å². The first-order valence-electron chi connectivity index (χ1n) is 5.95. The number of aromatic amines is 1. The van der Waals surface area contributed by atoms with E-state index in [1.807, 2.05) is 6.26 Å². The van der Waals surface area contributed by atoms with E-state index >= 15 is 0 Å². The molecule has 1 heterocycles. The molecule has 0 unspecified atom stereocenters.